The number of carbonyl (C=O) groups is 1. The molecule has 0 atom stereocenters. The maximum atomic E-state index is 12.7. The summed E-state index contributed by atoms with van der Waals surface area (Å²) in [7, 11) is 1.66. The van der Waals surface area contributed by atoms with E-state index in [1.165, 1.54) is 11.1 Å². The number of anilines is 1. The third kappa shape index (κ3) is 3.49. The molecule has 0 aliphatic heterocycles. The van der Waals surface area contributed by atoms with E-state index in [0.29, 0.717) is 27.2 Å². The van der Waals surface area contributed by atoms with Gasteiger partial charge in [-0.3, -0.25) is 4.79 Å². The van der Waals surface area contributed by atoms with Crippen LogP contribution in [0.15, 0.2) is 61.2 Å². The van der Waals surface area contributed by atoms with E-state index in [4.69, 9.17) is 23.2 Å². The number of pyridine rings is 1. The second kappa shape index (κ2) is 6.98. The Morgan fingerprint density at radius 2 is 1.78 bits per heavy atom. The molecule has 134 valence electrons. The number of hydrogen-bond acceptors (Lipinski definition) is 4. The number of nitrogens with zero attached hydrogens (tertiary/aromatic N) is 5. The number of hydrogen-bond donors (Lipinski definition) is 0. The lowest BCUT2D eigenvalue weighted by Crippen LogP contribution is -2.27. The lowest BCUT2D eigenvalue weighted by atomic mass is 10.2. The molecule has 0 saturated heterocycles. The summed E-state index contributed by atoms with van der Waals surface area (Å²) in [5, 5.41) is 1.03. The number of benzene rings is 1. The Morgan fingerprint density at radius 3 is 2.48 bits per heavy atom. The van der Waals surface area contributed by atoms with Crippen molar-refractivity contribution in [3.05, 3.63) is 77.1 Å². The average molecular weight is 398 g/mol. The predicted molar refractivity (Wildman–Crippen MR) is 105 cm³/mol. The van der Waals surface area contributed by atoms with Gasteiger partial charge in [-0.1, -0.05) is 35.3 Å². The number of amides is 1. The molecule has 0 aliphatic rings. The van der Waals surface area contributed by atoms with Crippen LogP contribution >= 0.6 is 23.2 Å². The minimum absolute atomic E-state index is 0.261. The van der Waals surface area contributed by atoms with Gasteiger partial charge in [-0.25, -0.2) is 15.0 Å². The highest BCUT2D eigenvalue weighted by Crippen LogP contribution is 2.22. The van der Waals surface area contributed by atoms with Gasteiger partial charge >= 0.3 is 0 Å². The van der Waals surface area contributed by atoms with Crippen molar-refractivity contribution in [3.63, 3.8) is 0 Å². The Hall–Kier alpha value is -2.96. The minimum Gasteiger partial charge on any atom is -0.309 e. The van der Waals surface area contributed by atoms with Crippen LogP contribution in [0.5, 0.6) is 0 Å². The van der Waals surface area contributed by atoms with Gasteiger partial charge in [-0.2, -0.15) is 0 Å². The fourth-order valence-electron chi connectivity index (χ4n) is 2.62. The van der Waals surface area contributed by atoms with E-state index in [1.54, 1.807) is 36.0 Å². The van der Waals surface area contributed by atoms with E-state index >= 15 is 0 Å². The molecule has 3 heterocycles. The van der Waals surface area contributed by atoms with Crippen LogP contribution in [0.1, 0.15) is 10.5 Å². The van der Waals surface area contributed by atoms with Gasteiger partial charge in [0.2, 0.25) is 0 Å². The second-order valence-corrected chi connectivity index (χ2v) is 6.70. The van der Waals surface area contributed by atoms with Crippen LogP contribution in [0, 0.1) is 0 Å². The van der Waals surface area contributed by atoms with Crippen molar-refractivity contribution in [2.75, 3.05) is 11.9 Å². The van der Waals surface area contributed by atoms with E-state index in [2.05, 4.69) is 15.0 Å². The fourth-order valence-corrected chi connectivity index (χ4v) is 2.86. The van der Waals surface area contributed by atoms with Crippen molar-refractivity contribution in [2.45, 2.75) is 0 Å². The number of aromatic nitrogens is 4. The molecule has 8 heteroatoms. The first kappa shape index (κ1) is 17.5. The number of carbonyl (C=O) groups excluding carboxylic acids is 1. The third-order valence-electron chi connectivity index (χ3n) is 4.10. The van der Waals surface area contributed by atoms with Gasteiger partial charge in [0.25, 0.3) is 5.91 Å². The third-order valence-corrected chi connectivity index (χ3v) is 4.58. The highest BCUT2D eigenvalue weighted by Gasteiger charge is 2.16. The molecule has 0 saturated carbocycles. The van der Waals surface area contributed by atoms with Gasteiger partial charge in [0.1, 0.15) is 10.8 Å². The molecule has 0 spiro atoms. The maximum Gasteiger partial charge on any atom is 0.278 e. The number of rotatable bonds is 3. The van der Waals surface area contributed by atoms with E-state index in [0.717, 1.165) is 11.3 Å². The van der Waals surface area contributed by atoms with Crippen molar-refractivity contribution < 1.29 is 4.79 Å². The summed E-state index contributed by atoms with van der Waals surface area (Å²) >= 11 is 11.7. The summed E-state index contributed by atoms with van der Waals surface area (Å²) in [5.41, 5.74) is 3.26. The summed E-state index contributed by atoms with van der Waals surface area (Å²) in [5.74, 6) is -0.261. The zero-order chi connectivity index (χ0) is 19.0. The van der Waals surface area contributed by atoms with Crippen LogP contribution in [-0.2, 0) is 0 Å². The molecule has 0 fully saturated rings. The molecule has 6 nitrogen and oxygen atoms in total. The Morgan fingerprint density at radius 1 is 1.00 bits per heavy atom. The van der Waals surface area contributed by atoms with Gasteiger partial charge in [-0.05, 0) is 24.3 Å². The molecular formula is C19H13Cl2N5O. The molecule has 3 aromatic heterocycles. The van der Waals surface area contributed by atoms with E-state index in [-0.39, 0.29) is 5.91 Å². The monoisotopic (exact) mass is 397 g/mol. The van der Waals surface area contributed by atoms with E-state index in [1.807, 2.05) is 30.5 Å². The van der Waals surface area contributed by atoms with Gasteiger partial charge < -0.3 is 9.30 Å². The van der Waals surface area contributed by atoms with Gasteiger partial charge in [0.05, 0.1) is 23.8 Å². The lowest BCUT2D eigenvalue weighted by molar-refractivity contribution is 0.0987. The molecule has 0 N–H and O–H groups in total. The van der Waals surface area contributed by atoms with Gasteiger partial charge in [-0.15, -0.1) is 0 Å². The van der Waals surface area contributed by atoms with Crippen LogP contribution in [0.4, 0.5) is 5.69 Å². The molecule has 27 heavy (non-hydrogen) atoms. The van der Waals surface area contributed by atoms with Crippen LogP contribution in [0.25, 0.3) is 16.9 Å². The molecule has 0 unspecified atom stereocenters. The van der Waals surface area contributed by atoms with E-state index < -0.39 is 0 Å². The summed E-state index contributed by atoms with van der Waals surface area (Å²) in [4.78, 5) is 27.0. The Balaban J connectivity index is 1.65. The molecule has 0 radical (unpaired) electrons. The van der Waals surface area contributed by atoms with Crippen LogP contribution < -0.4 is 4.90 Å². The van der Waals surface area contributed by atoms with Gasteiger partial charge in [0, 0.05) is 30.0 Å². The van der Waals surface area contributed by atoms with E-state index in [9.17, 15) is 4.79 Å². The van der Waals surface area contributed by atoms with Gasteiger partial charge in [0.15, 0.2) is 5.65 Å². The number of fused-ring (bicyclic) bond motifs is 1. The highest BCUT2D eigenvalue weighted by atomic mass is 35.5. The Kier molecular flexibility index (Phi) is 4.51. The minimum atomic E-state index is -0.261. The second-order valence-electron chi connectivity index (χ2n) is 5.87. The first-order chi connectivity index (χ1) is 13.0. The molecule has 1 amide bonds. The Labute approximate surface area is 165 Å². The van der Waals surface area contributed by atoms with Crippen LogP contribution in [0.3, 0.4) is 0 Å². The first-order valence-electron chi connectivity index (χ1n) is 8.01. The Bertz CT molecular complexity index is 1120. The quantitative estimate of drug-likeness (QED) is 0.481. The largest absolute Gasteiger partial charge is 0.309 e. The zero-order valence-electron chi connectivity index (χ0n) is 14.2. The SMILES string of the molecule is CN(C(=O)c1cn2cc(-c3ccc(Cl)cc3)nc2cn1)c1ccc(Cl)nc1. The van der Waals surface area contributed by atoms with Crippen molar-refractivity contribution in [1.82, 2.24) is 19.4 Å². The topological polar surface area (TPSA) is 63.4 Å². The van der Waals surface area contributed by atoms with Crippen molar-refractivity contribution in [2.24, 2.45) is 0 Å². The normalized spacial score (nSPS) is 10.9. The maximum absolute atomic E-state index is 12.7. The zero-order valence-corrected chi connectivity index (χ0v) is 15.7. The molecule has 1 aromatic carbocycles. The van der Waals surface area contributed by atoms with Crippen molar-refractivity contribution >= 4 is 40.4 Å². The highest BCUT2D eigenvalue weighted by molar-refractivity contribution is 6.30. The summed E-state index contributed by atoms with van der Waals surface area (Å²) in [6.07, 6.45) is 6.61. The van der Waals surface area contributed by atoms with Crippen molar-refractivity contribution in [3.8, 4) is 11.3 Å². The van der Waals surface area contributed by atoms with Crippen molar-refractivity contribution in [1.29, 1.82) is 0 Å². The summed E-state index contributed by atoms with van der Waals surface area (Å²) < 4.78 is 1.78. The molecule has 4 aromatic rings. The smallest absolute Gasteiger partial charge is 0.278 e. The van der Waals surface area contributed by atoms with Crippen LogP contribution in [-0.4, -0.2) is 32.3 Å². The summed E-state index contributed by atoms with van der Waals surface area (Å²) in [6.45, 7) is 0. The number of imidazole rings is 1. The molecule has 4 rings (SSSR count). The average Bonchev–Trinajstić information content (AvgIpc) is 3.11. The summed E-state index contributed by atoms with van der Waals surface area (Å²) in [6, 6.07) is 10.8. The molecular weight excluding hydrogens is 385 g/mol. The predicted octanol–water partition coefficient (Wildman–Crippen LogP) is 4.37. The number of halogens is 2. The standard InChI is InChI=1S/C19H13Cl2N5O/c1-25(14-6-7-17(21)23-8-14)19(27)16-11-26-10-15(24-18(26)9-22-16)12-2-4-13(20)5-3-12/h2-11H,1H3. The van der Waals surface area contributed by atoms with Crippen LogP contribution in [0.2, 0.25) is 10.2 Å². The fraction of sp³-hybridized carbons (Fsp3) is 0.0526. The first-order valence-corrected chi connectivity index (χ1v) is 8.77. The lowest BCUT2D eigenvalue weighted by Gasteiger charge is -2.16. The molecule has 0 bridgehead atoms. The molecule has 0 aliphatic carbocycles.